The summed E-state index contributed by atoms with van der Waals surface area (Å²) in [5, 5.41) is 12.0. The average Bonchev–Trinajstić information content (AvgIpc) is 4.10. The van der Waals surface area contributed by atoms with E-state index in [4.69, 9.17) is 53.8 Å². The molecule has 5 atom stereocenters. The van der Waals surface area contributed by atoms with E-state index in [0.29, 0.717) is 41.3 Å². The van der Waals surface area contributed by atoms with Gasteiger partial charge in [0.25, 0.3) is 5.56 Å². The summed E-state index contributed by atoms with van der Waals surface area (Å²) in [5.41, 5.74) is 1.97. The minimum absolute atomic E-state index is 0.0160. The molecule has 1 aliphatic carbocycles. The van der Waals surface area contributed by atoms with Crippen molar-refractivity contribution < 1.29 is 51.3 Å². The van der Waals surface area contributed by atoms with Gasteiger partial charge in [-0.3, -0.25) is 29.0 Å². The minimum Gasteiger partial charge on any atom is -0.497 e. The van der Waals surface area contributed by atoms with E-state index in [1.54, 1.807) is 34.3 Å². The van der Waals surface area contributed by atoms with Crippen LogP contribution >= 0.6 is 15.0 Å². The topological polar surface area (TPSA) is 271 Å². The smallest absolute Gasteiger partial charge is 0.327 e. The van der Waals surface area contributed by atoms with E-state index in [-0.39, 0.29) is 61.7 Å². The molecule has 2 unspecified atom stereocenters. The number of hydrogen-bond donors (Lipinski definition) is 3. The van der Waals surface area contributed by atoms with Gasteiger partial charge in [-0.1, -0.05) is 68.4 Å². The van der Waals surface area contributed by atoms with Crippen molar-refractivity contribution in [2.75, 3.05) is 32.8 Å². The second-order valence-corrected chi connectivity index (χ2v) is 21.2. The van der Waals surface area contributed by atoms with Gasteiger partial charge in [-0.05, 0) is 65.6 Å². The Kier molecular flexibility index (Phi) is 15.9. The second-order valence-electron chi connectivity index (χ2n) is 17.4. The maximum atomic E-state index is 13.0. The molecule has 0 spiro atoms. The summed E-state index contributed by atoms with van der Waals surface area (Å²) in [6.07, 6.45) is 2.00. The van der Waals surface area contributed by atoms with E-state index in [1.165, 1.54) is 17.2 Å². The van der Waals surface area contributed by atoms with Crippen LogP contribution in [-0.4, -0.2) is 95.6 Å². The first-order valence-corrected chi connectivity index (χ1v) is 27.1. The van der Waals surface area contributed by atoms with Crippen LogP contribution < -0.4 is 20.3 Å². The number of rotatable bonds is 22. The van der Waals surface area contributed by atoms with Crippen LogP contribution in [0, 0.1) is 17.2 Å². The second kappa shape index (κ2) is 22.5. The first kappa shape index (κ1) is 51.6. The van der Waals surface area contributed by atoms with Gasteiger partial charge in [0.1, 0.15) is 47.5 Å². The Morgan fingerprint density at radius 3 is 2.32 bits per heavy atom. The number of nitrogens with zero attached hydrogens (tertiary/aromatic N) is 8. The van der Waals surface area contributed by atoms with Crippen molar-refractivity contribution in [1.82, 2.24) is 39.0 Å². The molecule has 2 fully saturated rings. The van der Waals surface area contributed by atoms with Crippen LogP contribution in [0.5, 0.6) is 11.5 Å². The molecule has 0 radical (unpaired) electrons. The molecule has 382 valence electrons. The van der Waals surface area contributed by atoms with E-state index in [0.717, 1.165) is 16.7 Å². The number of hydrogen-bond acceptors (Lipinski definition) is 18. The van der Waals surface area contributed by atoms with Gasteiger partial charge in [0.15, 0.2) is 23.0 Å². The molecular formula is C48H52N10O12P2S. The molecule has 73 heavy (non-hydrogen) atoms. The van der Waals surface area contributed by atoms with E-state index in [1.807, 2.05) is 83.4 Å². The molecular weight excluding hydrogens is 1000 g/mol. The number of amides is 1. The van der Waals surface area contributed by atoms with Gasteiger partial charge in [-0.15, -0.1) is 0 Å². The van der Waals surface area contributed by atoms with Crippen molar-refractivity contribution in [3.05, 3.63) is 131 Å². The number of carbonyl (C=O) groups is 1. The standard InChI is InChI=1S/C48H52N10O12P2S/c1-29(2)44(59)55-47-54-43-41(45(60)56-47)52-28-57(43)46-39(69-71(61)62)23-37(68-46)25-67-72(73,66-20-8-19-49)70-36-21-33(22-36)58-40(53-38-24-50-27-51-42(38)58)26-65-48(30-9-6-5-7-10-30,31-11-15-34(63-3)16-12-31)32-13-17-35(64-4)18-14-32/h5-7,9-18,24,27-29,33,36-37,39,46,71H,8,20-23,25-26H2,1-4H3,(H,61,62)(H2,54,55,56,59,60)/t33?,36?,37-,39+,46+,72?/m0/s1. The number of methoxy groups -OCH3 is 2. The average molecular weight is 1060 g/mol. The lowest BCUT2D eigenvalue weighted by molar-refractivity contribution is -0.118. The van der Waals surface area contributed by atoms with Crippen molar-refractivity contribution in [1.29, 1.82) is 5.26 Å². The highest BCUT2D eigenvalue weighted by molar-refractivity contribution is 8.07. The molecule has 1 aliphatic heterocycles. The summed E-state index contributed by atoms with van der Waals surface area (Å²) in [5.74, 6) is 1.08. The van der Waals surface area contributed by atoms with Gasteiger partial charge in [0.05, 0.1) is 64.7 Å². The van der Waals surface area contributed by atoms with Crippen LogP contribution in [0.2, 0.25) is 0 Å². The SMILES string of the molecule is COc1ccc(C(OCc2nc3cncnc3n2C2CC(OP(=S)(OCCC#N)OC[C@@H]3C[C@@H](O[PH](=O)O)[C@H](n4cnc5c(=O)[nH]c(NC(=O)C(C)C)nc54)O3)C2)(c2ccccc2)c2ccc(OC)cc2)cc1. The van der Waals surface area contributed by atoms with Crippen LogP contribution in [0.25, 0.3) is 22.3 Å². The van der Waals surface area contributed by atoms with Crippen LogP contribution in [0.15, 0.2) is 103 Å². The van der Waals surface area contributed by atoms with Crippen LogP contribution in [0.3, 0.4) is 0 Å². The molecule has 9 rings (SSSR count). The molecule has 3 aromatic carbocycles. The number of aromatic amines is 1. The highest BCUT2D eigenvalue weighted by Crippen LogP contribution is 2.56. The molecule has 7 aromatic rings. The summed E-state index contributed by atoms with van der Waals surface area (Å²) in [6.45, 7) is -0.445. The first-order chi connectivity index (χ1) is 35.3. The van der Waals surface area contributed by atoms with Gasteiger partial charge >= 0.3 is 15.0 Å². The summed E-state index contributed by atoms with van der Waals surface area (Å²) in [4.78, 5) is 60.3. The third kappa shape index (κ3) is 11.1. The Bertz CT molecular complexity index is 3190. The summed E-state index contributed by atoms with van der Waals surface area (Å²) < 4.78 is 64.4. The number of imidazole rings is 2. The monoisotopic (exact) mass is 1050 g/mol. The van der Waals surface area contributed by atoms with Crippen molar-refractivity contribution in [2.24, 2.45) is 5.92 Å². The number of H-pyrrole nitrogens is 1. The summed E-state index contributed by atoms with van der Waals surface area (Å²) >= 11 is 5.96. The Balaban J connectivity index is 0.944. The molecule has 3 N–H and O–H groups in total. The Hall–Kier alpha value is -6.28. The number of benzene rings is 3. The zero-order valence-electron chi connectivity index (χ0n) is 40.0. The van der Waals surface area contributed by atoms with Gasteiger partial charge in [-0.2, -0.15) is 10.2 Å². The zero-order chi connectivity index (χ0) is 51.3. The third-order valence-electron chi connectivity index (χ3n) is 12.5. The number of anilines is 1. The lowest BCUT2D eigenvalue weighted by Gasteiger charge is -2.39. The normalized spacial score (nSPS) is 20.1. The van der Waals surface area contributed by atoms with E-state index >= 15 is 0 Å². The van der Waals surface area contributed by atoms with E-state index in [2.05, 4.69) is 36.3 Å². The van der Waals surface area contributed by atoms with Crippen LogP contribution in [0.1, 0.15) is 74.3 Å². The predicted molar refractivity (Wildman–Crippen MR) is 268 cm³/mol. The van der Waals surface area contributed by atoms with Crippen molar-refractivity contribution in [2.45, 2.75) is 82.3 Å². The number of nitriles is 1. The Morgan fingerprint density at radius 1 is 0.986 bits per heavy atom. The molecule has 2 aliphatic rings. The highest BCUT2D eigenvalue weighted by atomic mass is 32.5. The lowest BCUT2D eigenvalue weighted by Crippen LogP contribution is -2.36. The van der Waals surface area contributed by atoms with E-state index in [9.17, 15) is 24.3 Å². The van der Waals surface area contributed by atoms with Gasteiger partial charge in [0, 0.05) is 18.4 Å². The zero-order valence-corrected chi connectivity index (χ0v) is 42.7. The maximum Gasteiger partial charge on any atom is 0.327 e. The molecule has 5 heterocycles. The number of carbonyl (C=O) groups excluding carboxylic acids is 1. The Labute approximate surface area is 424 Å². The van der Waals surface area contributed by atoms with Crippen LogP contribution in [0.4, 0.5) is 5.95 Å². The number of fused-ring (bicyclic) bond motifs is 2. The Morgan fingerprint density at radius 2 is 1.67 bits per heavy atom. The fourth-order valence-electron chi connectivity index (χ4n) is 8.86. The fraction of sp³-hybridized carbons (Fsp3) is 0.375. The lowest BCUT2D eigenvalue weighted by atomic mass is 9.80. The molecule has 1 saturated heterocycles. The molecule has 25 heteroatoms. The molecule has 1 amide bonds. The largest absolute Gasteiger partial charge is 0.497 e. The van der Waals surface area contributed by atoms with Crippen molar-refractivity contribution in [3.63, 3.8) is 0 Å². The fourth-order valence-corrected chi connectivity index (χ4v) is 11.5. The molecule has 4 aromatic heterocycles. The predicted octanol–water partition coefficient (Wildman–Crippen LogP) is 7.03. The number of nitrogens with one attached hydrogen (secondary N) is 2. The quantitative estimate of drug-likeness (QED) is 0.0349. The first-order valence-electron chi connectivity index (χ1n) is 23.2. The summed E-state index contributed by atoms with van der Waals surface area (Å²) in [6, 6.07) is 27.4. The molecule has 22 nitrogen and oxygen atoms in total. The van der Waals surface area contributed by atoms with Crippen LogP contribution in [-0.2, 0) is 60.9 Å². The van der Waals surface area contributed by atoms with Gasteiger partial charge in [0.2, 0.25) is 11.9 Å². The molecule has 1 saturated carbocycles. The highest BCUT2D eigenvalue weighted by Gasteiger charge is 2.44. The third-order valence-corrected chi connectivity index (χ3v) is 15.4. The number of aromatic nitrogens is 8. The van der Waals surface area contributed by atoms with Gasteiger partial charge in [-0.25, -0.2) is 19.9 Å². The van der Waals surface area contributed by atoms with E-state index < -0.39 is 56.6 Å². The van der Waals surface area contributed by atoms with Crippen molar-refractivity contribution in [3.8, 4) is 17.6 Å². The maximum absolute atomic E-state index is 13.0. The van der Waals surface area contributed by atoms with Gasteiger partial charge < -0.3 is 46.5 Å². The number of ether oxygens (including phenoxy) is 4. The summed E-state index contributed by atoms with van der Waals surface area (Å²) in [7, 11) is -0.252. The minimum atomic E-state index is -3.59. The molecule has 0 bridgehead atoms. The van der Waals surface area contributed by atoms with Crippen molar-refractivity contribution >= 4 is 61.0 Å².